The lowest BCUT2D eigenvalue weighted by Crippen LogP contribution is -2.32. The van der Waals surface area contributed by atoms with E-state index in [1.165, 1.54) is 12.1 Å². The molecular weight excluding hydrogens is 394 g/mol. The van der Waals surface area contributed by atoms with Gasteiger partial charge in [-0.05, 0) is 47.7 Å². The van der Waals surface area contributed by atoms with Crippen molar-refractivity contribution >= 4 is 17.7 Å². The summed E-state index contributed by atoms with van der Waals surface area (Å²) in [7, 11) is 0. The number of benzene rings is 2. The molecule has 0 fully saturated rings. The van der Waals surface area contributed by atoms with Crippen molar-refractivity contribution in [2.75, 3.05) is 19.6 Å². The average molecular weight is 426 g/mol. The number of hydrogen-bond acceptors (Lipinski definition) is 4. The van der Waals surface area contributed by atoms with E-state index in [1.807, 2.05) is 12.1 Å². The van der Waals surface area contributed by atoms with E-state index in [0.717, 1.165) is 5.56 Å². The van der Waals surface area contributed by atoms with Gasteiger partial charge in [0.05, 0.1) is 0 Å². The van der Waals surface area contributed by atoms with Crippen molar-refractivity contribution < 1.29 is 19.5 Å². The number of phenolic OH excluding ortho intramolecular Hbond substituents is 1. The van der Waals surface area contributed by atoms with Crippen molar-refractivity contribution in [1.82, 2.24) is 16.0 Å². The molecule has 0 saturated carbocycles. The SMILES string of the molecule is CC(C)(C)c1ccc(C(=O)NCCC(=O)NCCCNC(=O)c2cccc(O)c2)cc1. The fraction of sp³-hybridized carbons (Fsp3) is 0.375. The van der Waals surface area contributed by atoms with Crippen LogP contribution in [0.4, 0.5) is 0 Å². The number of aromatic hydroxyl groups is 1. The van der Waals surface area contributed by atoms with Crippen LogP contribution in [-0.2, 0) is 10.2 Å². The molecule has 0 bridgehead atoms. The normalized spacial score (nSPS) is 10.9. The van der Waals surface area contributed by atoms with Gasteiger partial charge in [0.1, 0.15) is 5.75 Å². The lowest BCUT2D eigenvalue weighted by atomic mass is 9.87. The van der Waals surface area contributed by atoms with Gasteiger partial charge in [-0.2, -0.15) is 0 Å². The van der Waals surface area contributed by atoms with Gasteiger partial charge in [0.15, 0.2) is 0 Å². The maximum Gasteiger partial charge on any atom is 0.251 e. The van der Waals surface area contributed by atoms with Crippen LogP contribution < -0.4 is 16.0 Å². The minimum atomic E-state index is -0.277. The molecule has 0 aliphatic carbocycles. The second kappa shape index (κ2) is 11.2. The van der Waals surface area contributed by atoms with Crippen molar-refractivity contribution in [3.05, 3.63) is 65.2 Å². The van der Waals surface area contributed by atoms with Crippen LogP contribution in [0.5, 0.6) is 5.75 Å². The Morgan fingerprint density at radius 3 is 2.06 bits per heavy atom. The smallest absolute Gasteiger partial charge is 0.251 e. The maximum atomic E-state index is 12.2. The highest BCUT2D eigenvalue weighted by Crippen LogP contribution is 2.22. The zero-order valence-corrected chi connectivity index (χ0v) is 18.3. The summed E-state index contributed by atoms with van der Waals surface area (Å²) in [5, 5.41) is 17.6. The lowest BCUT2D eigenvalue weighted by molar-refractivity contribution is -0.120. The van der Waals surface area contributed by atoms with Crippen molar-refractivity contribution in [3.63, 3.8) is 0 Å². The maximum absolute atomic E-state index is 12.2. The first kappa shape index (κ1) is 23.9. The molecule has 3 amide bonds. The summed E-state index contributed by atoms with van der Waals surface area (Å²) in [5.41, 5.74) is 2.13. The van der Waals surface area contributed by atoms with Crippen molar-refractivity contribution in [3.8, 4) is 5.75 Å². The van der Waals surface area contributed by atoms with E-state index in [2.05, 4.69) is 36.7 Å². The molecule has 2 rings (SSSR count). The van der Waals surface area contributed by atoms with E-state index in [-0.39, 0.29) is 41.9 Å². The second-order valence-corrected chi connectivity index (χ2v) is 8.34. The van der Waals surface area contributed by atoms with Gasteiger partial charge < -0.3 is 21.1 Å². The molecule has 0 saturated heterocycles. The highest BCUT2D eigenvalue weighted by molar-refractivity contribution is 5.95. The van der Waals surface area contributed by atoms with Crippen molar-refractivity contribution in [2.45, 2.75) is 39.0 Å². The molecule has 7 heteroatoms. The number of carbonyl (C=O) groups is 3. The van der Waals surface area contributed by atoms with E-state index in [0.29, 0.717) is 30.6 Å². The molecule has 4 N–H and O–H groups in total. The van der Waals surface area contributed by atoms with Crippen molar-refractivity contribution in [2.24, 2.45) is 0 Å². The molecular formula is C24H31N3O4. The molecule has 0 radical (unpaired) electrons. The van der Waals surface area contributed by atoms with E-state index in [1.54, 1.807) is 24.3 Å². The van der Waals surface area contributed by atoms with Crippen LogP contribution in [0.25, 0.3) is 0 Å². The molecule has 0 aliphatic rings. The van der Waals surface area contributed by atoms with Gasteiger partial charge in [0.2, 0.25) is 5.91 Å². The molecule has 0 atom stereocenters. The molecule has 0 spiro atoms. The largest absolute Gasteiger partial charge is 0.508 e. The first-order chi connectivity index (χ1) is 14.7. The molecule has 0 aliphatic heterocycles. The number of carbonyl (C=O) groups excluding carboxylic acids is 3. The molecule has 0 aromatic heterocycles. The minimum absolute atomic E-state index is 0.0282. The van der Waals surface area contributed by atoms with Crippen LogP contribution in [0.15, 0.2) is 48.5 Å². The summed E-state index contributed by atoms with van der Waals surface area (Å²) in [6.07, 6.45) is 0.754. The Morgan fingerprint density at radius 2 is 1.42 bits per heavy atom. The first-order valence-electron chi connectivity index (χ1n) is 10.4. The Morgan fingerprint density at radius 1 is 0.806 bits per heavy atom. The van der Waals surface area contributed by atoms with E-state index >= 15 is 0 Å². The molecule has 31 heavy (non-hydrogen) atoms. The number of amides is 3. The predicted octanol–water partition coefficient (Wildman–Crippen LogP) is 2.75. The third-order valence-corrected chi connectivity index (χ3v) is 4.72. The Labute approximate surface area is 183 Å². The molecule has 166 valence electrons. The van der Waals surface area contributed by atoms with Gasteiger partial charge in [-0.25, -0.2) is 0 Å². The van der Waals surface area contributed by atoms with Crippen LogP contribution in [0, 0.1) is 0 Å². The summed E-state index contributed by atoms with van der Waals surface area (Å²) < 4.78 is 0. The number of nitrogens with one attached hydrogen (secondary N) is 3. The van der Waals surface area contributed by atoms with Gasteiger partial charge in [0, 0.05) is 37.2 Å². The second-order valence-electron chi connectivity index (χ2n) is 8.34. The third kappa shape index (κ3) is 8.12. The first-order valence-corrected chi connectivity index (χ1v) is 10.4. The fourth-order valence-corrected chi connectivity index (χ4v) is 2.87. The Hall–Kier alpha value is -3.35. The predicted molar refractivity (Wildman–Crippen MR) is 120 cm³/mol. The van der Waals surface area contributed by atoms with Gasteiger partial charge in [0.25, 0.3) is 11.8 Å². The summed E-state index contributed by atoms with van der Waals surface area (Å²) >= 11 is 0. The summed E-state index contributed by atoms with van der Waals surface area (Å²) in [5.74, 6) is -0.611. The highest BCUT2D eigenvalue weighted by atomic mass is 16.3. The van der Waals surface area contributed by atoms with Crippen LogP contribution >= 0.6 is 0 Å². The summed E-state index contributed by atoms with van der Waals surface area (Å²) in [6.45, 7) is 7.41. The van der Waals surface area contributed by atoms with Gasteiger partial charge in [-0.3, -0.25) is 14.4 Å². The molecule has 0 unspecified atom stereocenters. The molecule has 2 aromatic carbocycles. The van der Waals surface area contributed by atoms with Crippen LogP contribution in [0.3, 0.4) is 0 Å². The summed E-state index contributed by atoms with van der Waals surface area (Å²) in [4.78, 5) is 36.0. The van der Waals surface area contributed by atoms with E-state index < -0.39 is 0 Å². The Kier molecular flexibility index (Phi) is 8.61. The zero-order chi connectivity index (χ0) is 22.9. The lowest BCUT2D eigenvalue weighted by Gasteiger charge is -2.19. The van der Waals surface area contributed by atoms with E-state index in [9.17, 15) is 19.5 Å². The fourth-order valence-electron chi connectivity index (χ4n) is 2.87. The Bertz CT molecular complexity index is 902. The number of hydrogen-bond donors (Lipinski definition) is 4. The van der Waals surface area contributed by atoms with Gasteiger partial charge in [-0.15, -0.1) is 0 Å². The molecule has 7 nitrogen and oxygen atoms in total. The average Bonchev–Trinajstić information content (AvgIpc) is 2.72. The zero-order valence-electron chi connectivity index (χ0n) is 18.3. The monoisotopic (exact) mass is 425 g/mol. The number of phenols is 1. The minimum Gasteiger partial charge on any atom is -0.508 e. The van der Waals surface area contributed by atoms with Crippen LogP contribution in [0.1, 0.15) is 59.9 Å². The van der Waals surface area contributed by atoms with E-state index in [4.69, 9.17) is 0 Å². The molecule has 0 heterocycles. The van der Waals surface area contributed by atoms with Crippen LogP contribution in [0.2, 0.25) is 0 Å². The Balaban J connectivity index is 1.59. The van der Waals surface area contributed by atoms with Gasteiger partial charge in [-0.1, -0.05) is 39.0 Å². The standard InChI is InChI=1S/C24H31N3O4/c1-24(2,3)19-10-8-17(9-11-19)22(30)27-15-12-21(29)25-13-5-14-26-23(31)18-6-4-7-20(28)16-18/h4,6-11,16,28H,5,12-15H2,1-3H3,(H,25,29)(H,26,31)(H,27,30). The van der Waals surface area contributed by atoms with Crippen LogP contribution in [-0.4, -0.2) is 42.5 Å². The summed E-state index contributed by atoms with van der Waals surface area (Å²) in [6, 6.07) is 13.6. The van der Waals surface area contributed by atoms with Gasteiger partial charge >= 0.3 is 0 Å². The number of rotatable bonds is 9. The molecule has 2 aromatic rings. The quantitative estimate of drug-likeness (QED) is 0.463. The third-order valence-electron chi connectivity index (χ3n) is 4.72. The van der Waals surface area contributed by atoms with Crippen molar-refractivity contribution in [1.29, 1.82) is 0 Å². The topological polar surface area (TPSA) is 108 Å². The highest BCUT2D eigenvalue weighted by Gasteiger charge is 2.14.